The lowest BCUT2D eigenvalue weighted by molar-refractivity contribution is 0.242. The highest BCUT2D eigenvalue weighted by molar-refractivity contribution is 9.10. The Balaban J connectivity index is 0.00000220. The summed E-state index contributed by atoms with van der Waals surface area (Å²) in [5.74, 6) is -0.726. The van der Waals surface area contributed by atoms with E-state index >= 15 is 0 Å². The summed E-state index contributed by atoms with van der Waals surface area (Å²) >= 11 is 3.13. The number of nitrogens with zero attached hydrogens (tertiary/aromatic N) is 1. The molecule has 1 saturated heterocycles. The van der Waals surface area contributed by atoms with Crippen molar-refractivity contribution in [1.29, 1.82) is 0 Å². The summed E-state index contributed by atoms with van der Waals surface area (Å²) in [6, 6.07) is 3.90. The van der Waals surface area contributed by atoms with Crippen molar-refractivity contribution in [3.8, 4) is 0 Å². The summed E-state index contributed by atoms with van der Waals surface area (Å²) < 4.78 is 41.2. The van der Waals surface area contributed by atoms with Crippen molar-refractivity contribution in [3.63, 3.8) is 0 Å². The van der Waals surface area contributed by atoms with Gasteiger partial charge in [0.05, 0.1) is 0 Å². The second-order valence-electron chi connectivity index (χ2n) is 4.92. The molecule has 120 valence electrons. The SMILES string of the molecule is Cl.NCCC1CCCCN1S(=O)(=O)c1ccc(Br)cc1F. The summed E-state index contributed by atoms with van der Waals surface area (Å²) in [5.41, 5.74) is 5.55. The van der Waals surface area contributed by atoms with Crippen LogP contribution in [0, 0.1) is 5.82 Å². The molecule has 1 aliphatic heterocycles. The fraction of sp³-hybridized carbons (Fsp3) is 0.538. The van der Waals surface area contributed by atoms with E-state index in [-0.39, 0.29) is 23.3 Å². The van der Waals surface area contributed by atoms with E-state index in [0.29, 0.717) is 24.0 Å². The number of halogens is 3. The molecule has 1 heterocycles. The lowest BCUT2D eigenvalue weighted by Gasteiger charge is -2.34. The Kier molecular flexibility index (Phi) is 7.06. The molecule has 2 rings (SSSR count). The maximum absolute atomic E-state index is 14.0. The van der Waals surface area contributed by atoms with Crippen molar-refractivity contribution in [1.82, 2.24) is 4.31 Å². The molecule has 0 bridgehead atoms. The summed E-state index contributed by atoms with van der Waals surface area (Å²) in [4.78, 5) is -0.260. The molecule has 1 aromatic carbocycles. The van der Waals surface area contributed by atoms with Crippen molar-refractivity contribution in [2.24, 2.45) is 5.73 Å². The van der Waals surface area contributed by atoms with Gasteiger partial charge in [-0.1, -0.05) is 22.4 Å². The van der Waals surface area contributed by atoms with Crippen LogP contribution in [-0.4, -0.2) is 31.9 Å². The van der Waals surface area contributed by atoms with Gasteiger partial charge in [-0.25, -0.2) is 12.8 Å². The van der Waals surface area contributed by atoms with E-state index in [0.717, 1.165) is 19.3 Å². The topological polar surface area (TPSA) is 63.4 Å². The Morgan fingerprint density at radius 1 is 1.38 bits per heavy atom. The van der Waals surface area contributed by atoms with Gasteiger partial charge >= 0.3 is 0 Å². The second kappa shape index (κ2) is 7.87. The molecular weight excluding hydrogens is 383 g/mol. The smallest absolute Gasteiger partial charge is 0.246 e. The van der Waals surface area contributed by atoms with Crippen LogP contribution in [0.1, 0.15) is 25.7 Å². The average molecular weight is 402 g/mol. The van der Waals surface area contributed by atoms with Crippen LogP contribution in [0.25, 0.3) is 0 Å². The van der Waals surface area contributed by atoms with Gasteiger partial charge in [-0.05, 0) is 44.0 Å². The van der Waals surface area contributed by atoms with Crippen LogP contribution in [-0.2, 0) is 10.0 Å². The molecule has 0 spiro atoms. The van der Waals surface area contributed by atoms with Gasteiger partial charge in [-0.2, -0.15) is 4.31 Å². The number of rotatable bonds is 4. The summed E-state index contributed by atoms with van der Waals surface area (Å²) in [6.45, 7) is 0.863. The molecule has 21 heavy (non-hydrogen) atoms. The molecule has 0 radical (unpaired) electrons. The first-order chi connectivity index (χ1) is 9.46. The number of hydrogen-bond donors (Lipinski definition) is 1. The highest BCUT2D eigenvalue weighted by Gasteiger charge is 2.34. The zero-order chi connectivity index (χ0) is 14.8. The van der Waals surface area contributed by atoms with E-state index in [1.165, 1.54) is 22.5 Å². The van der Waals surface area contributed by atoms with E-state index in [4.69, 9.17) is 5.73 Å². The van der Waals surface area contributed by atoms with Gasteiger partial charge in [0.2, 0.25) is 10.0 Å². The van der Waals surface area contributed by atoms with E-state index in [1.807, 2.05) is 0 Å². The summed E-state index contributed by atoms with van der Waals surface area (Å²) in [7, 11) is -3.80. The molecule has 2 N–H and O–H groups in total. The summed E-state index contributed by atoms with van der Waals surface area (Å²) in [5, 5.41) is 0. The van der Waals surface area contributed by atoms with Crippen LogP contribution in [0.15, 0.2) is 27.6 Å². The third-order valence-corrected chi connectivity index (χ3v) is 6.03. The van der Waals surface area contributed by atoms with E-state index in [1.54, 1.807) is 0 Å². The monoisotopic (exact) mass is 400 g/mol. The van der Waals surface area contributed by atoms with E-state index < -0.39 is 15.8 Å². The van der Waals surface area contributed by atoms with Crippen molar-refractivity contribution < 1.29 is 12.8 Å². The molecule has 0 aliphatic carbocycles. The van der Waals surface area contributed by atoms with E-state index in [9.17, 15) is 12.8 Å². The minimum atomic E-state index is -3.80. The number of nitrogens with two attached hydrogens (primary N) is 1. The highest BCUT2D eigenvalue weighted by Crippen LogP contribution is 2.29. The highest BCUT2D eigenvalue weighted by atomic mass is 79.9. The zero-order valence-electron chi connectivity index (χ0n) is 11.5. The Hall–Kier alpha value is -0.210. The second-order valence-corrected chi connectivity index (χ2v) is 7.69. The Bertz CT molecular complexity index is 584. The van der Waals surface area contributed by atoms with Crippen molar-refractivity contribution in [3.05, 3.63) is 28.5 Å². The third kappa shape index (κ3) is 4.16. The van der Waals surface area contributed by atoms with Gasteiger partial charge < -0.3 is 5.73 Å². The van der Waals surface area contributed by atoms with Crippen LogP contribution in [0.3, 0.4) is 0 Å². The fourth-order valence-corrected chi connectivity index (χ4v) is 4.69. The van der Waals surface area contributed by atoms with Crippen molar-refractivity contribution in [2.75, 3.05) is 13.1 Å². The van der Waals surface area contributed by atoms with Crippen LogP contribution in [0.5, 0.6) is 0 Å². The molecule has 1 aliphatic rings. The molecular formula is C13H19BrClFN2O2S. The number of hydrogen-bond acceptors (Lipinski definition) is 3. The summed E-state index contributed by atoms with van der Waals surface area (Å²) in [6.07, 6.45) is 3.18. The lowest BCUT2D eigenvalue weighted by atomic mass is 10.0. The van der Waals surface area contributed by atoms with Gasteiger partial charge in [0, 0.05) is 17.1 Å². The standard InChI is InChI=1S/C13H18BrFN2O2S.ClH/c14-10-4-5-13(12(15)9-10)20(18,19)17-8-2-1-3-11(17)6-7-16;/h4-5,9,11H,1-3,6-8,16H2;1H. The molecule has 1 aromatic rings. The van der Waals surface area contributed by atoms with Crippen LogP contribution in [0.2, 0.25) is 0 Å². The normalized spacial score (nSPS) is 20.0. The quantitative estimate of drug-likeness (QED) is 0.844. The van der Waals surface area contributed by atoms with Gasteiger partial charge in [-0.15, -0.1) is 12.4 Å². The third-order valence-electron chi connectivity index (χ3n) is 3.55. The largest absolute Gasteiger partial charge is 0.330 e. The minimum absolute atomic E-state index is 0. The van der Waals surface area contributed by atoms with E-state index in [2.05, 4.69) is 15.9 Å². The Morgan fingerprint density at radius 2 is 2.10 bits per heavy atom. The number of piperidine rings is 1. The van der Waals surface area contributed by atoms with Crippen LogP contribution in [0.4, 0.5) is 4.39 Å². The Morgan fingerprint density at radius 3 is 2.71 bits per heavy atom. The molecule has 4 nitrogen and oxygen atoms in total. The van der Waals surface area contributed by atoms with Crippen molar-refractivity contribution in [2.45, 2.75) is 36.6 Å². The molecule has 0 amide bonds. The number of sulfonamides is 1. The molecule has 1 unspecified atom stereocenters. The average Bonchev–Trinajstić information content (AvgIpc) is 2.39. The van der Waals surface area contributed by atoms with Crippen LogP contribution >= 0.6 is 28.3 Å². The first-order valence-corrected chi connectivity index (χ1v) is 8.87. The minimum Gasteiger partial charge on any atom is -0.330 e. The van der Waals surface area contributed by atoms with Gasteiger partial charge in [0.1, 0.15) is 10.7 Å². The molecule has 0 saturated carbocycles. The number of benzene rings is 1. The fourth-order valence-electron chi connectivity index (χ4n) is 2.58. The molecule has 1 atom stereocenters. The van der Waals surface area contributed by atoms with Gasteiger partial charge in [-0.3, -0.25) is 0 Å². The first kappa shape index (κ1) is 18.8. The Labute approximate surface area is 139 Å². The lowest BCUT2D eigenvalue weighted by Crippen LogP contribution is -2.44. The zero-order valence-corrected chi connectivity index (χ0v) is 14.7. The van der Waals surface area contributed by atoms with Crippen LogP contribution < -0.4 is 5.73 Å². The predicted octanol–water partition coefficient (Wildman–Crippen LogP) is 2.90. The maximum Gasteiger partial charge on any atom is 0.246 e. The molecule has 1 fully saturated rings. The van der Waals surface area contributed by atoms with Gasteiger partial charge in [0.25, 0.3) is 0 Å². The predicted molar refractivity (Wildman–Crippen MR) is 86.6 cm³/mol. The molecule has 0 aromatic heterocycles. The van der Waals surface area contributed by atoms with Gasteiger partial charge in [0.15, 0.2) is 0 Å². The first-order valence-electron chi connectivity index (χ1n) is 6.64. The maximum atomic E-state index is 14.0. The molecule has 8 heteroatoms. The van der Waals surface area contributed by atoms with Crippen molar-refractivity contribution >= 4 is 38.4 Å².